The molecule has 3 heteroatoms. The van der Waals surface area contributed by atoms with Crippen molar-refractivity contribution in [1.29, 1.82) is 0 Å². The van der Waals surface area contributed by atoms with Crippen molar-refractivity contribution < 1.29 is 0 Å². The highest BCUT2D eigenvalue weighted by Gasteiger charge is 2.17. The van der Waals surface area contributed by atoms with Crippen LogP contribution in [0, 0.1) is 6.92 Å². The summed E-state index contributed by atoms with van der Waals surface area (Å²) in [7, 11) is 0. The quantitative estimate of drug-likeness (QED) is 0.866. The van der Waals surface area contributed by atoms with E-state index in [0.717, 1.165) is 25.1 Å². The second-order valence-electron chi connectivity index (χ2n) is 5.76. The predicted molar refractivity (Wildman–Crippen MR) is 82.8 cm³/mol. The summed E-state index contributed by atoms with van der Waals surface area (Å²) in [5.41, 5.74) is 10.8. The number of anilines is 1. The number of hydrogen-bond donors (Lipinski definition) is 1. The van der Waals surface area contributed by atoms with E-state index in [4.69, 9.17) is 10.7 Å². The minimum absolute atomic E-state index is 0.860. The molecule has 0 spiro atoms. The van der Waals surface area contributed by atoms with Gasteiger partial charge in [0.2, 0.25) is 0 Å². The average molecular weight is 269 g/mol. The topological polar surface area (TPSA) is 43.8 Å². The molecule has 1 heterocycles. The molecular weight excluding hydrogens is 246 g/mol. The molecule has 20 heavy (non-hydrogen) atoms. The third kappa shape index (κ3) is 2.72. The molecule has 1 aliphatic carbocycles. The van der Waals surface area contributed by atoms with E-state index in [2.05, 4.69) is 23.6 Å². The van der Waals surface area contributed by atoms with Crippen LogP contribution in [0.25, 0.3) is 0 Å². The van der Waals surface area contributed by atoms with Gasteiger partial charge in [-0.2, -0.15) is 0 Å². The minimum atomic E-state index is 0.860. The molecule has 0 radical (unpaired) electrons. The molecule has 3 nitrogen and oxygen atoms in total. The average Bonchev–Trinajstić information content (AvgIpc) is 2.75. The van der Waals surface area contributed by atoms with Crippen LogP contribution >= 0.6 is 0 Å². The number of aryl methyl sites for hydroxylation is 3. The highest BCUT2D eigenvalue weighted by atomic mass is 15.1. The normalized spacial score (nSPS) is 14.2. The molecule has 2 N–H and O–H groups in total. The zero-order valence-electron chi connectivity index (χ0n) is 12.2. The first-order valence-corrected chi connectivity index (χ1v) is 7.63. The summed E-state index contributed by atoms with van der Waals surface area (Å²) in [5.74, 6) is 1.18. The Morgan fingerprint density at radius 3 is 2.95 bits per heavy atom. The zero-order valence-corrected chi connectivity index (χ0v) is 12.2. The molecule has 2 aromatic rings. The Labute approximate surface area is 120 Å². The van der Waals surface area contributed by atoms with Crippen LogP contribution in [0.3, 0.4) is 0 Å². The fourth-order valence-electron chi connectivity index (χ4n) is 3.22. The lowest BCUT2D eigenvalue weighted by molar-refractivity contribution is 0.573. The van der Waals surface area contributed by atoms with Gasteiger partial charge in [0.15, 0.2) is 0 Å². The van der Waals surface area contributed by atoms with E-state index in [-0.39, 0.29) is 0 Å². The molecule has 0 aliphatic heterocycles. The summed E-state index contributed by atoms with van der Waals surface area (Å²) in [6, 6.07) is 8.22. The number of nitrogens with two attached hydrogens (primary N) is 1. The van der Waals surface area contributed by atoms with Gasteiger partial charge >= 0.3 is 0 Å². The van der Waals surface area contributed by atoms with Crippen LogP contribution < -0.4 is 5.73 Å². The molecule has 1 aromatic carbocycles. The fraction of sp³-hybridized carbons (Fsp3) is 0.471. The lowest BCUT2D eigenvalue weighted by atomic mass is 10.0. The number of hydrogen-bond acceptors (Lipinski definition) is 2. The number of rotatable bonds is 4. The van der Waals surface area contributed by atoms with Crippen LogP contribution in [0.4, 0.5) is 5.69 Å². The molecule has 3 rings (SSSR count). The van der Waals surface area contributed by atoms with Gasteiger partial charge in [0, 0.05) is 17.9 Å². The highest BCUT2D eigenvalue weighted by Crippen LogP contribution is 2.22. The first kappa shape index (κ1) is 13.2. The molecule has 0 amide bonds. The molecule has 0 bridgehead atoms. The standard InChI is InChI=1S/C17H23N3/c1-13-19-16-9-2-3-10-17(16)20(13)11-5-7-14-6-4-8-15(18)12-14/h4,6,8,12H,2-3,5,7,9-11,18H2,1H3. The number of fused-ring (bicyclic) bond motifs is 1. The van der Waals surface area contributed by atoms with Gasteiger partial charge in [-0.05, 0) is 63.1 Å². The van der Waals surface area contributed by atoms with Crippen LogP contribution in [-0.2, 0) is 25.8 Å². The zero-order chi connectivity index (χ0) is 13.9. The van der Waals surface area contributed by atoms with E-state index in [0.29, 0.717) is 0 Å². The third-order valence-electron chi connectivity index (χ3n) is 4.22. The predicted octanol–water partition coefficient (Wildman–Crippen LogP) is 3.29. The Morgan fingerprint density at radius 1 is 1.25 bits per heavy atom. The van der Waals surface area contributed by atoms with Crippen LogP contribution in [-0.4, -0.2) is 9.55 Å². The second-order valence-corrected chi connectivity index (χ2v) is 5.76. The fourth-order valence-corrected chi connectivity index (χ4v) is 3.22. The molecule has 0 unspecified atom stereocenters. The molecule has 0 saturated carbocycles. The summed E-state index contributed by atoms with van der Waals surface area (Å²) in [4.78, 5) is 4.73. The summed E-state index contributed by atoms with van der Waals surface area (Å²) >= 11 is 0. The smallest absolute Gasteiger partial charge is 0.106 e. The van der Waals surface area contributed by atoms with Crippen molar-refractivity contribution in [2.45, 2.75) is 52.0 Å². The molecular formula is C17H23N3. The Balaban J connectivity index is 1.65. The van der Waals surface area contributed by atoms with Crippen molar-refractivity contribution in [3.05, 3.63) is 47.0 Å². The summed E-state index contributed by atoms with van der Waals surface area (Å²) in [6.45, 7) is 3.21. The molecule has 1 aliphatic rings. The Kier molecular flexibility index (Phi) is 3.77. The van der Waals surface area contributed by atoms with Crippen LogP contribution in [0.1, 0.15) is 42.0 Å². The molecule has 0 saturated heterocycles. The van der Waals surface area contributed by atoms with Crippen LogP contribution in [0.2, 0.25) is 0 Å². The van der Waals surface area contributed by atoms with Gasteiger partial charge in [-0.3, -0.25) is 0 Å². The lowest BCUT2D eigenvalue weighted by Crippen LogP contribution is -2.10. The van der Waals surface area contributed by atoms with E-state index in [9.17, 15) is 0 Å². The van der Waals surface area contributed by atoms with E-state index < -0.39 is 0 Å². The number of nitrogens with zero attached hydrogens (tertiary/aromatic N) is 2. The number of benzene rings is 1. The summed E-state index contributed by atoms with van der Waals surface area (Å²) in [6.07, 6.45) is 7.21. The number of nitrogen functional groups attached to an aromatic ring is 1. The van der Waals surface area contributed by atoms with Crippen molar-refractivity contribution >= 4 is 5.69 Å². The SMILES string of the molecule is Cc1nc2c(n1CCCc1cccc(N)c1)CCCC2. The first-order chi connectivity index (χ1) is 9.74. The van der Waals surface area contributed by atoms with Gasteiger partial charge in [-0.1, -0.05) is 12.1 Å². The van der Waals surface area contributed by atoms with E-state index in [1.165, 1.54) is 48.5 Å². The van der Waals surface area contributed by atoms with Gasteiger partial charge in [-0.15, -0.1) is 0 Å². The van der Waals surface area contributed by atoms with Crippen molar-refractivity contribution in [3.8, 4) is 0 Å². The van der Waals surface area contributed by atoms with E-state index in [1.54, 1.807) is 0 Å². The van der Waals surface area contributed by atoms with Crippen molar-refractivity contribution in [3.63, 3.8) is 0 Å². The monoisotopic (exact) mass is 269 g/mol. The van der Waals surface area contributed by atoms with Gasteiger partial charge in [0.05, 0.1) is 5.69 Å². The largest absolute Gasteiger partial charge is 0.399 e. The van der Waals surface area contributed by atoms with Gasteiger partial charge in [0.25, 0.3) is 0 Å². The van der Waals surface area contributed by atoms with Gasteiger partial charge < -0.3 is 10.3 Å². The Bertz CT molecular complexity index is 598. The van der Waals surface area contributed by atoms with Gasteiger partial charge in [0.1, 0.15) is 5.82 Å². The maximum Gasteiger partial charge on any atom is 0.106 e. The third-order valence-corrected chi connectivity index (χ3v) is 4.22. The second kappa shape index (κ2) is 5.70. The summed E-state index contributed by atoms with van der Waals surface area (Å²) < 4.78 is 2.43. The summed E-state index contributed by atoms with van der Waals surface area (Å²) in [5, 5.41) is 0. The van der Waals surface area contributed by atoms with Gasteiger partial charge in [-0.25, -0.2) is 4.98 Å². The Hall–Kier alpha value is -1.77. The Morgan fingerprint density at radius 2 is 2.10 bits per heavy atom. The minimum Gasteiger partial charge on any atom is -0.399 e. The molecule has 1 aromatic heterocycles. The molecule has 0 atom stereocenters. The first-order valence-electron chi connectivity index (χ1n) is 7.63. The van der Waals surface area contributed by atoms with Crippen molar-refractivity contribution in [2.24, 2.45) is 0 Å². The highest BCUT2D eigenvalue weighted by molar-refractivity contribution is 5.40. The lowest BCUT2D eigenvalue weighted by Gasteiger charge is -2.14. The maximum atomic E-state index is 5.82. The van der Waals surface area contributed by atoms with Crippen molar-refractivity contribution in [1.82, 2.24) is 9.55 Å². The molecule has 0 fully saturated rings. The molecule has 106 valence electrons. The number of aromatic nitrogens is 2. The van der Waals surface area contributed by atoms with E-state index in [1.807, 2.05) is 12.1 Å². The van der Waals surface area contributed by atoms with Crippen LogP contribution in [0.5, 0.6) is 0 Å². The number of imidazole rings is 1. The maximum absolute atomic E-state index is 5.82. The van der Waals surface area contributed by atoms with Crippen molar-refractivity contribution in [2.75, 3.05) is 5.73 Å². The van der Waals surface area contributed by atoms with Crippen LogP contribution in [0.15, 0.2) is 24.3 Å². The van der Waals surface area contributed by atoms with E-state index >= 15 is 0 Å².